The number of nitrogens with zero attached hydrogens (tertiary/aromatic N) is 4. The molecule has 0 saturated carbocycles. The highest BCUT2D eigenvalue weighted by Crippen LogP contribution is 2.36. The number of cyclic esters (lactones) is 1. The molecule has 0 N–H and O–H groups in total. The summed E-state index contributed by atoms with van der Waals surface area (Å²) >= 11 is 1.50. The zero-order valence-electron chi connectivity index (χ0n) is 18.9. The van der Waals surface area contributed by atoms with Gasteiger partial charge in [-0.3, -0.25) is 19.8 Å². The van der Waals surface area contributed by atoms with E-state index in [0.717, 1.165) is 23.4 Å². The van der Waals surface area contributed by atoms with Crippen LogP contribution in [-0.4, -0.2) is 57.9 Å². The first-order valence-electron chi connectivity index (χ1n) is 11.5. The molecular formula is C25H24N4O5S. The van der Waals surface area contributed by atoms with Gasteiger partial charge in [-0.05, 0) is 24.5 Å². The first kappa shape index (κ1) is 23.0. The number of hydrogen-bond acceptors (Lipinski definition) is 7. The van der Waals surface area contributed by atoms with E-state index < -0.39 is 11.0 Å². The summed E-state index contributed by atoms with van der Waals surface area (Å²) < 4.78 is 5.22. The molecule has 2 aliphatic heterocycles. The lowest BCUT2D eigenvalue weighted by Gasteiger charge is -2.32. The van der Waals surface area contributed by atoms with E-state index in [-0.39, 0.29) is 36.7 Å². The third-order valence-corrected chi connectivity index (χ3v) is 7.57. The number of nitro groups is 1. The van der Waals surface area contributed by atoms with Gasteiger partial charge in [0.05, 0.1) is 27.2 Å². The quantitative estimate of drug-likeness (QED) is 0.367. The van der Waals surface area contributed by atoms with Gasteiger partial charge in [0.2, 0.25) is 5.91 Å². The molecule has 1 atom stereocenters. The van der Waals surface area contributed by atoms with Crippen LogP contribution in [0.25, 0.3) is 11.3 Å². The maximum absolute atomic E-state index is 13.0. The van der Waals surface area contributed by atoms with Gasteiger partial charge in [0, 0.05) is 30.5 Å². The normalized spacial score (nSPS) is 18.5. The van der Waals surface area contributed by atoms with E-state index in [1.54, 1.807) is 23.1 Å². The van der Waals surface area contributed by atoms with E-state index in [9.17, 15) is 19.7 Å². The third-order valence-electron chi connectivity index (χ3n) is 6.56. The predicted molar refractivity (Wildman–Crippen MR) is 130 cm³/mol. The van der Waals surface area contributed by atoms with Gasteiger partial charge >= 0.3 is 6.09 Å². The summed E-state index contributed by atoms with van der Waals surface area (Å²) in [5.74, 6) is 0.0948. The number of rotatable bonds is 6. The highest BCUT2D eigenvalue weighted by atomic mass is 32.1. The van der Waals surface area contributed by atoms with E-state index in [2.05, 4.69) is 0 Å². The smallest absolute Gasteiger partial charge is 0.410 e. The van der Waals surface area contributed by atoms with E-state index in [4.69, 9.17) is 9.72 Å². The van der Waals surface area contributed by atoms with E-state index in [0.29, 0.717) is 24.3 Å². The molecule has 9 nitrogen and oxygen atoms in total. The number of ether oxygens (including phenoxy) is 1. The molecule has 2 aliphatic rings. The molecular weight excluding hydrogens is 468 g/mol. The topological polar surface area (TPSA) is 106 Å². The molecule has 3 aromatic rings. The fourth-order valence-electron chi connectivity index (χ4n) is 4.65. The lowest BCUT2D eigenvalue weighted by molar-refractivity contribution is -0.384. The first-order valence-corrected chi connectivity index (χ1v) is 12.3. The molecule has 35 heavy (non-hydrogen) atoms. The lowest BCUT2D eigenvalue weighted by atomic mass is 9.97. The number of amides is 2. The average molecular weight is 493 g/mol. The standard InChI is InChI=1S/C25H24N4O5S/c30-23(14-28-22(15-34-25(28)31)17-6-2-1-3-7-17)27-12-10-18(11-13-27)24-26-20(16-35-24)19-8-4-5-9-21(19)29(32)33/h1-9,16,18,22H,10-15H2. The second kappa shape index (κ2) is 9.83. The van der Waals surface area contributed by atoms with Crippen LogP contribution in [-0.2, 0) is 9.53 Å². The van der Waals surface area contributed by atoms with Gasteiger partial charge in [-0.1, -0.05) is 42.5 Å². The molecule has 1 aromatic heterocycles. The van der Waals surface area contributed by atoms with Crippen LogP contribution in [0, 0.1) is 10.1 Å². The minimum absolute atomic E-state index is 0.0118. The van der Waals surface area contributed by atoms with Crippen LogP contribution in [0.15, 0.2) is 60.0 Å². The highest BCUT2D eigenvalue weighted by molar-refractivity contribution is 7.10. The Balaban J connectivity index is 1.21. The SMILES string of the molecule is O=C(CN1C(=O)OCC1c1ccccc1)N1CCC(c2nc(-c3ccccc3[N+](=O)[O-])cs2)CC1. The zero-order chi connectivity index (χ0) is 24.4. The van der Waals surface area contributed by atoms with Crippen LogP contribution in [0.4, 0.5) is 10.5 Å². The van der Waals surface area contributed by atoms with Crippen LogP contribution in [0.5, 0.6) is 0 Å². The number of carbonyl (C=O) groups is 2. The number of thiazole rings is 1. The second-order valence-corrected chi connectivity index (χ2v) is 9.52. The Kier molecular flexibility index (Phi) is 6.45. The summed E-state index contributed by atoms with van der Waals surface area (Å²) in [7, 11) is 0. The molecule has 2 aromatic carbocycles. The average Bonchev–Trinajstić information content (AvgIpc) is 3.52. The number of hydrogen-bond donors (Lipinski definition) is 0. The fraction of sp³-hybridized carbons (Fsp3) is 0.320. The van der Waals surface area contributed by atoms with Crippen LogP contribution in [0.3, 0.4) is 0 Å². The van der Waals surface area contributed by atoms with Crippen molar-refractivity contribution in [3.05, 3.63) is 80.7 Å². The molecule has 5 rings (SSSR count). The van der Waals surface area contributed by atoms with Crippen LogP contribution in [0.1, 0.15) is 35.4 Å². The molecule has 1 unspecified atom stereocenters. The lowest BCUT2D eigenvalue weighted by Crippen LogP contribution is -2.44. The van der Waals surface area contributed by atoms with Crippen molar-refractivity contribution < 1.29 is 19.2 Å². The van der Waals surface area contributed by atoms with E-state index in [1.165, 1.54) is 22.3 Å². The van der Waals surface area contributed by atoms with Gasteiger partial charge in [0.15, 0.2) is 0 Å². The van der Waals surface area contributed by atoms with E-state index in [1.807, 2.05) is 35.7 Å². The van der Waals surface area contributed by atoms with Crippen molar-refractivity contribution in [3.8, 4) is 11.3 Å². The van der Waals surface area contributed by atoms with Crippen molar-refractivity contribution in [3.63, 3.8) is 0 Å². The number of benzene rings is 2. The second-order valence-electron chi connectivity index (χ2n) is 8.63. The number of likely N-dealkylation sites (tertiary alicyclic amines) is 1. The predicted octanol–water partition coefficient (Wildman–Crippen LogP) is 4.62. The molecule has 3 heterocycles. The molecule has 0 radical (unpaired) electrons. The zero-order valence-corrected chi connectivity index (χ0v) is 19.7. The minimum Gasteiger partial charge on any atom is -0.447 e. The Morgan fingerprint density at radius 2 is 1.83 bits per heavy atom. The Morgan fingerprint density at radius 1 is 1.11 bits per heavy atom. The molecule has 2 amide bonds. The van der Waals surface area contributed by atoms with Crippen molar-refractivity contribution >= 4 is 29.0 Å². The van der Waals surface area contributed by atoms with Gasteiger partial charge in [-0.15, -0.1) is 11.3 Å². The summed E-state index contributed by atoms with van der Waals surface area (Å²) in [6.07, 6.45) is 1.04. The monoisotopic (exact) mass is 492 g/mol. The Morgan fingerprint density at radius 3 is 2.57 bits per heavy atom. The van der Waals surface area contributed by atoms with E-state index >= 15 is 0 Å². The highest BCUT2D eigenvalue weighted by Gasteiger charge is 2.37. The van der Waals surface area contributed by atoms with Crippen LogP contribution >= 0.6 is 11.3 Å². The van der Waals surface area contributed by atoms with Crippen molar-refractivity contribution in [1.82, 2.24) is 14.8 Å². The fourth-order valence-corrected chi connectivity index (χ4v) is 5.64. The molecule has 180 valence electrons. The first-order chi connectivity index (χ1) is 17.0. The molecule has 0 spiro atoms. The minimum atomic E-state index is -0.465. The van der Waals surface area contributed by atoms with Gasteiger partial charge in [0.25, 0.3) is 5.69 Å². The summed E-state index contributed by atoms with van der Waals surface area (Å²) in [6, 6.07) is 15.9. The molecule has 0 bridgehead atoms. The number of piperidine rings is 1. The van der Waals surface area contributed by atoms with Gasteiger partial charge in [-0.25, -0.2) is 9.78 Å². The number of carbonyl (C=O) groups excluding carboxylic acids is 2. The van der Waals surface area contributed by atoms with Crippen LogP contribution < -0.4 is 0 Å². The number of para-hydroxylation sites is 1. The van der Waals surface area contributed by atoms with Crippen LogP contribution in [0.2, 0.25) is 0 Å². The number of aromatic nitrogens is 1. The summed E-state index contributed by atoms with van der Waals surface area (Å²) in [4.78, 5) is 44.3. The molecule has 10 heteroatoms. The largest absolute Gasteiger partial charge is 0.447 e. The maximum atomic E-state index is 13.0. The summed E-state index contributed by atoms with van der Waals surface area (Å²) in [5.41, 5.74) is 2.11. The molecule has 0 aliphatic carbocycles. The Hall–Kier alpha value is -3.79. The third kappa shape index (κ3) is 4.74. The molecule has 2 saturated heterocycles. The van der Waals surface area contributed by atoms with Crippen molar-refractivity contribution in [2.24, 2.45) is 0 Å². The van der Waals surface area contributed by atoms with Gasteiger partial charge in [-0.2, -0.15) is 0 Å². The van der Waals surface area contributed by atoms with Gasteiger partial charge < -0.3 is 9.64 Å². The van der Waals surface area contributed by atoms with Crippen molar-refractivity contribution in [2.75, 3.05) is 26.2 Å². The van der Waals surface area contributed by atoms with Crippen molar-refractivity contribution in [1.29, 1.82) is 0 Å². The summed E-state index contributed by atoms with van der Waals surface area (Å²) in [6.45, 7) is 1.37. The summed E-state index contributed by atoms with van der Waals surface area (Å²) in [5, 5.41) is 14.1. The van der Waals surface area contributed by atoms with Crippen molar-refractivity contribution in [2.45, 2.75) is 24.8 Å². The Labute approximate surface area is 206 Å². The number of nitro benzene ring substituents is 1. The Bertz CT molecular complexity index is 1240. The maximum Gasteiger partial charge on any atom is 0.410 e. The van der Waals surface area contributed by atoms with Gasteiger partial charge in [0.1, 0.15) is 13.2 Å². The molecule has 2 fully saturated rings.